The van der Waals surface area contributed by atoms with Gasteiger partial charge in [0.05, 0.1) is 5.69 Å². The third-order valence-corrected chi connectivity index (χ3v) is 6.61. The van der Waals surface area contributed by atoms with Gasteiger partial charge in [-0.15, -0.1) is 0 Å². The standard InChI is InChI=1S/C27H25FN4O2/c28-23-12-9-21(10-13-23)26-30-27(32-31-26)22-11-14-24(29-16-22)20-7-5-19(6-8-20)18-3-1-17(2-4-18)15-25(33)34/h5-14,16-18H,1-4,15H2,(H,33,34)(H,30,31,32)/t17-,18-. The Morgan fingerprint density at radius 1 is 0.912 bits per heavy atom. The summed E-state index contributed by atoms with van der Waals surface area (Å²) in [5, 5.41) is 16.2. The van der Waals surface area contributed by atoms with Gasteiger partial charge in [0.2, 0.25) is 0 Å². The van der Waals surface area contributed by atoms with E-state index in [4.69, 9.17) is 5.11 Å². The van der Waals surface area contributed by atoms with Crippen molar-refractivity contribution >= 4 is 5.97 Å². The molecule has 1 fully saturated rings. The lowest BCUT2D eigenvalue weighted by atomic mass is 9.77. The van der Waals surface area contributed by atoms with Crippen LogP contribution in [0.5, 0.6) is 0 Å². The Morgan fingerprint density at radius 2 is 1.59 bits per heavy atom. The Kier molecular flexibility index (Phi) is 6.16. The van der Waals surface area contributed by atoms with E-state index in [0.29, 0.717) is 23.5 Å². The number of halogens is 1. The number of hydrogen-bond acceptors (Lipinski definition) is 4. The number of nitrogens with one attached hydrogen (secondary N) is 1. The Labute approximate surface area is 196 Å². The van der Waals surface area contributed by atoms with Gasteiger partial charge in [0.25, 0.3) is 0 Å². The highest BCUT2D eigenvalue weighted by Crippen LogP contribution is 2.37. The van der Waals surface area contributed by atoms with Crippen molar-refractivity contribution < 1.29 is 14.3 Å². The van der Waals surface area contributed by atoms with Crippen LogP contribution in [-0.4, -0.2) is 31.2 Å². The van der Waals surface area contributed by atoms with Crippen molar-refractivity contribution in [3.8, 4) is 34.0 Å². The maximum Gasteiger partial charge on any atom is 0.303 e. The average Bonchev–Trinajstić information content (AvgIpc) is 3.35. The molecule has 2 aromatic heterocycles. The van der Waals surface area contributed by atoms with E-state index in [0.717, 1.165) is 48.1 Å². The molecule has 1 saturated carbocycles. The molecule has 0 bridgehead atoms. The first-order chi connectivity index (χ1) is 16.5. The molecule has 0 atom stereocenters. The minimum Gasteiger partial charge on any atom is -0.481 e. The van der Waals surface area contributed by atoms with Crippen LogP contribution < -0.4 is 0 Å². The van der Waals surface area contributed by atoms with Crippen molar-refractivity contribution in [2.45, 2.75) is 38.0 Å². The fraction of sp³-hybridized carbons (Fsp3) is 0.259. The molecule has 0 unspecified atom stereocenters. The molecule has 4 aromatic rings. The number of rotatable bonds is 6. The molecule has 2 heterocycles. The predicted molar refractivity (Wildman–Crippen MR) is 127 cm³/mol. The topological polar surface area (TPSA) is 91.8 Å². The van der Waals surface area contributed by atoms with Crippen LogP contribution in [0.15, 0.2) is 66.9 Å². The number of hydrogen-bond donors (Lipinski definition) is 2. The number of pyridine rings is 1. The molecule has 5 rings (SSSR count). The van der Waals surface area contributed by atoms with E-state index in [1.165, 1.54) is 17.7 Å². The molecule has 6 nitrogen and oxygen atoms in total. The quantitative estimate of drug-likeness (QED) is 0.366. The normalized spacial score (nSPS) is 18.0. The zero-order chi connectivity index (χ0) is 23.5. The third kappa shape index (κ3) is 4.88. The first-order valence-electron chi connectivity index (χ1n) is 11.5. The number of aromatic nitrogens is 4. The van der Waals surface area contributed by atoms with Crippen molar-refractivity contribution in [3.05, 3.63) is 78.2 Å². The summed E-state index contributed by atoms with van der Waals surface area (Å²) in [5.41, 5.74) is 4.78. The highest BCUT2D eigenvalue weighted by atomic mass is 19.1. The monoisotopic (exact) mass is 456 g/mol. The van der Waals surface area contributed by atoms with Crippen LogP contribution in [0.2, 0.25) is 0 Å². The van der Waals surface area contributed by atoms with E-state index in [2.05, 4.69) is 44.4 Å². The summed E-state index contributed by atoms with van der Waals surface area (Å²) >= 11 is 0. The molecule has 34 heavy (non-hydrogen) atoms. The molecule has 0 aliphatic heterocycles. The summed E-state index contributed by atoms with van der Waals surface area (Å²) in [4.78, 5) is 20.0. The molecule has 0 spiro atoms. The van der Waals surface area contributed by atoms with Gasteiger partial charge in [-0.3, -0.25) is 14.9 Å². The number of aromatic amines is 1. The Hall–Kier alpha value is -3.87. The predicted octanol–water partition coefficient (Wildman–Crippen LogP) is 6.09. The minimum absolute atomic E-state index is 0.287. The van der Waals surface area contributed by atoms with Gasteiger partial charge in [0.1, 0.15) is 5.82 Å². The lowest BCUT2D eigenvalue weighted by molar-refractivity contribution is -0.138. The van der Waals surface area contributed by atoms with Gasteiger partial charge in [-0.05, 0) is 79.5 Å². The summed E-state index contributed by atoms with van der Waals surface area (Å²) in [6.45, 7) is 0. The number of carboxylic acid groups (broad SMARTS) is 1. The van der Waals surface area contributed by atoms with E-state index in [1.54, 1.807) is 18.3 Å². The molecule has 172 valence electrons. The van der Waals surface area contributed by atoms with Crippen molar-refractivity contribution in [2.24, 2.45) is 5.92 Å². The van der Waals surface area contributed by atoms with Crippen LogP contribution in [0.25, 0.3) is 34.0 Å². The zero-order valence-electron chi connectivity index (χ0n) is 18.6. The highest BCUT2D eigenvalue weighted by Gasteiger charge is 2.24. The van der Waals surface area contributed by atoms with Crippen LogP contribution in [0, 0.1) is 11.7 Å². The summed E-state index contributed by atoms with van der Waals surface area (Å²) in [5.74, 6) is 0.931. The van der Waals surface area contributed by atoms with E-state index < -0.39 is 5.97 Å². The fourth-order valence-electron chi connectivity index (χ4n) is 4.70. The highest BCUT2D eigenvalue weighted by molar-refractivity contribution is 5.67. The van der Waals surface area contributed by atoms with Crippen molar-refractivity contribution in [3.63, 3.8) is 0 Å². The fourth-order valence-corrected chi connectivity index (χ4v) is 4.70. The molecular formula is C27H25FN4O2. The summed E-state index contributed by atoms with van der Waals surface area (Å²) in [6, 6.07) is 18.5. The number of carbonyl (C=O) groups is 1. The van der Waals surface area contributed by atoms with Gasteiger partial charge >= 0.3 is 5.97 Å². The molecular weight excluding hydrogens is 431 g/mol. The molecule has 1 aliphatic rings. The molecule has 2 N–H and O–H groups in total. The first-order valence-corrected chi connectivity index (χ1v) is 11.5. The second-order valence-corrected chi connectivity index (χ2v) is 8.88. The lowest BCUT2D eigenvalue weighted by Gasteiger charge is -2.28. The molecule has 2 aromatic carbocycles. The summed E-state index contributed by atoms with van der Waals surface area (Å²) in [6.07, 6.45) is 6.10. The van der Waals surface area contributed by atoms with Crippen LogP contribution in [0.3, 0.4) is 0 Å². The summed E-state index contributed by atoms with van der Waals surface area (Å²) in [7, 11) is 0. The maximum absolute atomic E-state index is 13.1. The Bertz CT molecular complexity index is 1260. The van der Waals surface area contributed by atoms with Gasteiger partial charge < -0.3 is 5.11 Å². The largest absolute Gasteiger partial charge is 0.481 e. The van der Waals surface area contributed by atoms with Crippen molar-refractivity contribution in [2.75, 3.05) is 0 Å². The van der Waals surface area contributed by atoms with Gasteiger partial charge in [-0.25, -0.2) is 9.37 Å². The van der Waals surface area contributed by atoms with Crippen LogP contribution in [0.4, 0.5) is 4.39 Å². The second kappa shape index (κ2) is 9.55. The number of benzene rings is 2. The van der Waals surface area contributed by atoms with Crippen molar-refractivity contribution in [1.82, 2.24) is 20.2 Å². The molecule has 0 radical (unpaired) electrons. The minimum atomic E-state index is -0.692. The van der Waals surface area contributed by atoms with Gasteiger partial charge in [-0.2, -0.15) is 5.10 Å². The Balaban J connectivity index is 1.24. The van der Waals surface area contributed by atoms with Crippen molar-refractivity contribution in [1.29, 1.82) is 0 Å². The van der Waals surface area contributed by atoms with Crippen LogP contribution in [0.1, 0.15) is 43.6 Å². The van der Waals surface area contributed by atoms with E-state index >= 15 is 0 Å². The Morgan fingerprint density at radius 3 is 2.24 bits per heavy atom. The molecule has 7 heteroatoms. The van der Waals surface area contributed by atoms with E-state index in [9.17, 15) is 9.18 Å². The first kappa shape index (κ1) is 21.9. The summed E-state index contributed by atoms with van der Waals surface area (Å²) < 4.78 is 13.1. The van der Waals surface area contributed by atoms with Gasteiger partial charge in [-0.1, -0.05) is 24.3 Å². The number of nitrogens with zero attached hydrogens (tertiary/aromatic N) is 3. The lowest BCUT2D eigenvalue weighted by Crippen LogP contribution is -2.16. The van der Waals surface area contributed by atoms with Crippen LogP contribution >= 0.6 is 0 Å². The maximum atomic E-state index is 13.1. The molecule has 0 amide bonds. The number of H-pyrrole nitrogens is 1. The van der Waals surface area contributed by atoms with Crippen LogP contribution in [-0.2, 0) is 4.79 Å². The molecule has 1 aliphatic carbocycles. The SMILES string of the molecule is O=C(O)C[C@H]1CC[C@H](c2ccc(-c3ccc(-c4nc(-c5ccc(F)cc5)n[nH]4)cn3)cc2)CC1. The second-order valence-electron chi connectivity index (χ2n) is 8.88. The average molecular weight is 457 g/mol. The zero-order valence-corrected chi connectivity index (χ0v) is 18.6. The van der Waals surface area contributed by atoms with E-state index in [-0.39, 0.29) is 12.2 Å². The van der Waals surface area contributed by atoms with E-state index in [1.807, 2.05) is 12.1 Å². The van der Waals surface area contributed by atoms with Gasteiger partial charge in [0.15, 0.2) is 11.6 Å². The van der Waals surface area contributed by atoms with Gasteiger partial charge in [0, 0.05) is 29.3 Å². The smallest absolute Gasteiger partial charge is 0.303 e. The number of aliphatic carboxylic acids is 1. The molecule has 0 saturated heterocycles. The number of carboxylic acids is 1. The third-order valence-electron chi connectivity index (χ3n) is 6.61.